The predicted octanol–water partition coefficient (Wildman–Crippen LogP) is -0.0167. The Morgan fingerprint density at radius 3 is 2.87 bits per heavy atom. The molecule has 0 unspecified atom stereocenters. The number of aromatic nitrogens is 2. The molecule has 3 heterocycles. The fraction of sp³-hybridized carbons (Fsp3) is 0.524. The zero-order chi connectivity index (χ0) is 21.4. The number of nitrogens with one attached hydrogen (secondary N) is 1. The molecule has 160 valence electrons. The van der Waals surface area contributed by atoms with Crippen molar-refractivity contribution < 1.29 is 14.3 Å². The maximum atomic E-state index is 12.8. The molecule has 2 fully saturated rings. The fourth-order valence-electron chi connectivity index (χ4n) is 4.17. The van der Waals surface area contributed by atoms with Crippen molar-refractivity contribution in [2.45, 2.75) is 31.0 Å². The van der Waals surface area contributed by atoms with Crippen LogP contribution in [0, 0.1) is 0 Å². The molecule has 0 aliphatic carbocycles. The zero-order valence-corrected chi connectivity index (χ0v) is 17.5. The molecule has 3 atom stereocenters. The van der Waals surface area contributed by atoms with Gasteiger partial charge in [-0.25, -0.2) is 4.98 Å². The second-order valence-corrected chi connectivity index (χ2v) is 8.35. The van der Waals surface area contributed by atoms with Crippen LogP contribution in [0.15, 0.2) is 29.3 Å². The molecular formula is C21H27N5O4. The van der Waals surface area contributed by atoms with E-state index in [0.717, 1.165) is 13.0 Å². The molecule has 9 nitrogen and oxygen atoms in total. The first kappa shape index (κ1) is 20.5. The summed E-state index contributed by atoms with van der Waals surface area (Å²) in [7, 11) is 5.14. The Hall–Kier alpha value is -2.78. The second-order valence-electron chi connectivity index (χ2n) is 8.35. The Kier molecular flexibility index (Phi) is 5.57. The number of carbonyl (C=O) groups is 2. The van der Waals surface area contributed by atoms with Crippen molar-refractivity contribution in [3.63, 3.8) is 0 Å². The zero-order valence-electron chi connectivity index (χ0n) is 17.5. The minimum absolute atomic E-state index is 0.0155. The molecule has 2 saturated heterocycles. The van der Waals surface area contributed by atoms with Gasteiger partial charge in [0.2, 0.25) is 5.91 Å². The number of carbonyl (C=O) groups excluding carboxylic acids is 2. The lowest BCUT2D eigenvalue weighted by molar-refractivity contribution is -0.134. The van der Waals surface area contributed by atoms with E-state index in [-0.39, 0.29) is 35.6 Å². The van der Waals surface area contributed by atoms with Crippen LogP contribution in [-0.4, -0.2) is 83.1 Å². The van der Waals surface area contributed by atoms with Crippen molar-refractivity contribution >= 4 is 22.7 Å². The topological polar surface area (TPSA) is 96.8 Å². The number of hydrogen-bond donors (Lipinski definition) is 1. The summed E-state index contributed by atoms with van der Waals surface area (Å²) in [5.41, 5.74) is 0.858. The molecule has 1 aromatic carbocycles. The van der Waals surface area contributed by atoms with E-state index in [1.165, 1.54) is 10.9 Å². The van der Waals surface area contributed by atoms with E-state index in [9.17, 15) is 14.4 Å². The number of morpholine rings is 1. The summed E-state index contributed by atoms with van der Waals surface area (Å²) in [6.07, 6.45) is 2.53. The van der Waals surface area contributed by atoms with E-state index < -0.39 is 0 Å². The van der Waals surface area contributed by atoms with Crippen LogP contribution in [0.1, 0.15) is 23.2 Å². The number of fused-ring (bicyclic) bond motifs is 2. The molecule has 1 aromatic heterocycles. The molecule has 2 aliphatic rings. The van der Waals surface area contributed by atoms with Crippen LogP contribution in [-0.2, 0) is 16.6 Å². The summed E-state index contributed by atoms with van der Waals surface area (Å²) in [6.45, 7) is 2.00. The van der Waals surface area contributed by atoms with Crippen LogP contribution in [0.4, 0.5) is 0 Å². The van der Waals surface area contributed by atoms with Gasteiger partial charge in [-0.15, -0.1) is 0 Å². The van der Waals surface area contributed by atoms with Crippen molar-refractivity contribution in [1.82, 2.24) is 24.7 Å². The van der Waals surface area contributed by atoms with Gasteiger partial charge in [-0.1, -0.05) is 0 Å². The lowest BCUT2D eigenvalue weighted by Gasteiger charge is -2.35. The van der Waals surface area contributed by atoms with Gasteiger partial charge in [0.15, 0.2) is 0 Å². The largest absolute Gasteiger partial charge is 0.375 e. The highest BCUT2D eigenvalue weighted by molar-refractivity contribution is 5.97. The smallest absolute Gasteiger partial charge is 0.260 e. The minimum atomic E-state index is -0.176. The molecule has 0 spiro atoms. The number of benzene rings is 1. The summed E-state index contributed by atoms with van der Waals surface area (Å²) in [5, 5.41) is 3.58. The second kappa shape index (κ2) is 8.16. The molecule has 0 saturated carbocycles. The maximum absolute atomic E-state index is 12.8. The molecule has 30 heavy (non-hydrogen) atoms. The molecule has 2 aliphatic heterocycles. The summed E-state index contributed by atoms with van der Waals surface area (Å²) in [4.78, 5) is 45.0. The van der Waals surface area contributed by atoms with Gasteiger partial charge < -0.3 is 19.5 Å². The van der Waals surface area contributed by atoms with E-state index in [2.05, 4.69) is 15.2 Å². The van der Waals surface area contributed by atoms with Gasteiger partial charge >= 0.3 is 0 Å². The number of amides is 2. The van der Waals surface area contributed by atoms with Crippen molar-refractivity contribution in [2.24, 2.45) is 7.05 Å². The van der Waals surface area contributed by atoms with E-state index >= 15 is 0 Å². The van der Waals surface area contributed by atoms with Gasteiger partial charge in [0.1, 0.15) is 0 Å². The van der Waals surface area contributed by atoms with Crippen LogP contribution in [0.5, 0.6) is 0 Å². The van der Waals surface area contributed by atoms with Crippen molar-refractivity contribution in [1.29, 1.82) is 0 Å². The first-order valence-corrected chi connectivity index (χ1v) is 10.1. The summed E-state index contributed by atoms with van der Waals surface area (Å²) in [5.74, 6) is -0.119. The lowest BCUT2D eigenvalue weighted by Crippen LogP contribution is -2.47. The Balaban J connectivity index is 1.38. The van der Waals surface area contributed by atoms with Gasteiger partial charge in [0.05, 0.1) is 36.4 Å². The van der Waals surface area contributed by atoms with Crippen LogP contribution in [0.2, 0.25) is 0 Å². The number of hydrogen-bond acceptors (Lipinski definition) is 6. The average Bonchev–Trinajstić information content (AvgIpc) is 3.11. The summed E-state index contributed by atoms with van der Waals surface area (Å²) < 4.78 is 7.29. The highest BCUT2D eigenvalue weighted by Crippen LogP contribution is 2.25. The fourth-order valence-corrected chi connectivity index (χ4v) is 4.17. The highest BCUT2D eigenvalue weighted by atomic mass is 16.5. The SMILES string of the molecule is CN(C)C(=O)C[C@H]1CN2C[C@H](NC(=O)c3ccc4c(=O)n(C)cnc4c3)C[C@H]2CO1. The molecule has 4 rings (SSSR count). The molecule has 9 heteroatoms. The maximum Gasteiger partial charge on any atom is 0.260 e. The van der Waals surface area contributed by atoms with E-state index in [0.29, 0.717) is 36.0 Å². The van der Waals surface area contributed by atoms with Crippen molar-refractivity contribution in [3.8, 4) is 0 Å². The van der Waals surface area contributed by atoms with Crippen molar-refractivity contribution in [3.05, 3.63) is 40.4 Å². The third-order valence-corrected chi connectivity index (χ3v) is 5.91. The van der Waals surface area contributed by atoms with Gasteiger partial charge in [0.25, 0.3) is 11.5 Å². The van der Waals surface area contributed by atoms with Crippen LogP contribution in [0.25, 0.3) is 10.9 Å². The van der Waals surface area contributed by atoms with E-state index in [1.807, 2.05) is 0 Å². The molecular weight excluding hydrogens is 386 g/mol. The standard InChI is InChI=1S/C21H27N5O4/c1-24(2)19(27)8-16-10-26-9-14(7-15(26)11-30-16)23-20(28)13-4-5-17-18(6-13)22-12-25(3)21(17)29/h4-6,12,14-16H,7-11H2,1-3H3,(H,23,28)/t14-,15+,16+/m1/s1. The number of ether oxygens (including phenoxy) is 1. The molecule has 1 N–H and O–H groups in total. The lowest BCUT2D eigenvalue weighted by atomic mass is 10.1. The Morgan fingerprint density at radius 2 is 2.10 bits per heavy atom. The molecule has 2 amide bonds. The van der Waals surface area contributed by atoms with Crippen LogP contribution >= 0.6 is 0 Å². The van der Waals surface area contributed by atoms with Gasteiger partial charge in [0, 0.05) is 51.9 Å². The third-order valence-electron chi connectivity index (χ3n) is 5.91. The third kappa shape index (κ3) is 4.08. The first-order valence-electron chi connectivity index (χ1n) is 10.1. The molecule has 0 bridgehead atoms. The quantitative estimate of drug-likeness (QED) is 0.757. The Labute approximate surface area is 174 Å². The minimum Gasteiger partial charge on any atom is -0.375 e. The number of aryl methyl sites for hydroxylation is 1. The normalized spacial score (nSPS) is 23.9. The predicted molar refractivity (Wildman–Crippen MR) is 111 cm³/mol. The van der Waals surface area contributed by atoms with Gasteiger partial charge in [-0.2, -0.15) is 0 Å². The number of nitrogens with zero attached hydrogens (tertiary/aromatic N) is 4. The monoisotopic (exact) mass is 413 g/mol. The summed E-state index contributed by atoms with van der Waals surface area (Å²) in [6, 6.07) is 5.23. The Bertz CT molecular complexity index is 1030. The Morgan fingerprint density at radius 1 is 1.30 bits per heavy atom. The highest BCUT2D eigenvalue weighted by Gasteiger charge is 2.38. The van der Waals surface area contributed by atoms with E-state index in [4.69, 9.17) is 4.74 Å². The van der Waals surface area contributed by atoms with Crippen molar-refractivity contribution in [2.75, 3.05) is 33.8 Å². The van der Waals surface area contributed by atoms with Gasteiger partial charge in [-0.05, 0) is 24.6 Å². The summed E-state index contributed by atoms with van der Waals surface area (Å²) >= 11 is 0. The molecule has 2 aromatic rings. The van der Waals surface area contributed by atoms with E-state index in [1.54, 1.807) is 44.2 Å². The first-order chi connectivity index (χ1) is 14.3. The van der Waals surface area contributed by atoms with Crippen LogP contribution < -0.4 is 10.9 Å². The average molecular weight is 413 g/mol. The number of rotatable bonds is 4. The van der Waals surface area contributed by atoms with Crippen LogP contribution in [0.3, 0.4) is 0 Å². The molecule has 0 radical (unpaired) electrons. The van der Waals surface area contributed by atoms with Gasteiger partial charge in [-0.3, -0.25) is 19.3 Å².